The normalized spacial score (nSPS) is 27.8. The molecule has 6 atom stereocenters. The summed E-state index contributed by atoms with van der Waals surface area (Å²) in [7, 11) is -4.14. The number of rotatable bonds is 12. The number of carbonyl (C=O) groups is 1. The second kappa shape index (κ2) is 15.3. The van der Waals surface area contributed by atoms with E-state index >= 15 is 0 Å². The lowest BCUT2D eigenvalue weighted by atomic mass is 9.54. The smallest absolute Gasteiger partial charge is 0.309 e. The summed E-state index contributed by atoms with van der Waals surface area (Å²) in [6.07, 6.45) is 9.86. The van der Waals surface area contributed by atoms with Crippen LogP contribution in [-0.2, 0) is 23.1 Å². The van der Waals surface area contributed by atoms with E-state index in [0.29, 0.717) is 25.0 Å². The number of fused-ring (bicyclic) bond motifs is 1. The van der Waals surface area contributed by atoms with Crippen LogP contribution in [0.15, 0.2) is 23.8 Å². The maximum absolute atomic E-state index is 12.2. The molecular weight excluding hydrogens is 693 g/mol. The van der Waals surface area contributed by atoms with Gasteiger partial charge in [0.05, 0.1) is 30.8 Å². The number of aliphatic carboxylic acids is 1. The highest BCUT2D eigenvalue weighted by Crippen LogP contribution is 2.58. The molecule has 3 fully saturated rings. The van der Waals surface area contributed by atoms with Crippen LogP contribution in [0.1, 0.15) is 130 Å². The molecule has 8 heteroatoms. The molecule has 1 heterocycles. The Hall–Kier alpha value is -1.22. The number of carboxylic acid groups (broad SMARTS) is 1. The van der Waals surface area contributed by atoms with Gasteiger partial charge in [-0.3, -0.25) is 4.79 Å². The van der Waals surface area contributed by atoms with Crippen molar-refractivity contribution < 1.29 is 28.2 Å². The molecule has 1 unspecified atom stereocenters. The summed E-state index contributed by atoms with van der Waals surface area (Å²) in [6.45, 7) is 45.1. The maximum atomic E-state index is 12.2. The molecule has 2 aliphatic carbocycles. The van der Waals surface area contributed by atoms with E-state index in [1.54, 1.807) is 0 Å². The van der Waals surface area contributed by atoms with Crippen LogP contribution in [0.3, 0.4) is 0 Å². The average molecular weight is 773 g/mol. The van der Waals surface area contributed by atoms with Gasteiger partial charge in [-0.05, 0) is 106 Å². The van der Waals surface area contributed by atoms with Gasteiger partial charge in [0, 0.05) is 30.1 Å². The molecule has 0 aromatic heterocycles. The second-order valence-corrected chi connectivity index (χ2v) is 31.8. The van der Waals surface area contributed by atoms with Crippen molar-refractivity contribution in [2.45, 2.75) is 184 Å². The maximum Gasteiger partial charge on any atom is 0.309 e. The fourth-order valence-electron chi connectivity index (χ4n) is 8.07. The molecule has 0 aromatic carbocycles. The van der Waals surface area contributed by atoms with Crippen molar-refractivity contribution in [3.05, 3.63) is 23.8 Å². The molecule has 3 rings (SSSR count). The summed E-state index contributed by atoms with van der Waals surface area (Å²) in [4.78, 5) is 12.2. The fraction of sp³-hybridized carbons (Fsp3) is 0.844. The lowest BCUT2D eigenvalue weighted by molar-refractivity contribution is -0.249. The van der Waals surface area contributed by atoms with Gasteiger partial charge in [0.25, 0.3) is 0 Å². The molecule has 3 aliphatic rings. The summed E-state index contributed by atoms with van der Waals surface area (Å²) < 4.78 is 28.0. The molecule has 53 heavy (non-hydrogen) atoms. The molecular formula is C45H80O6Si2. The molecule has 1 spiro atoms. The van der Waals surface area contributed by atoms with Gasteiger partial charge in [-0.1, -0.05) is 100 Å². The Bertz CT molecular complexity index is 1430. The summed E-state index contributed by atoms with van der Waals surface area (Å²) in [6, 6.07) is 0. The van der Waals surface area contributed by atoms with Gasteiger partial charge in [-0.25, -0.2) is 0 Å². The van der Waals surface area contributed by atoms with Crippen LogP contribution in [-0.4, -0.2) is 58.9 Å². The molecule has 1 saturated heterocycles. The molecule has 0 amide bonds. The highest BCUT2D eigenvalue weighted by Gasteiger charge is 2.58. The van der Waals surface area contributed by atoms with Gasteiger partial charge >= 0.3 is 5.97 Å². The largest absolute Gasteiger partial charge is 0.481 e. The van der Waals surface area contributed by atoms with E-state index in [1.807, 2.05) is 20.8 Å². The quantitative estimate of drug-likeness (QED) is 0.121. The molecule has 2 saturated carbocycles. The van der Waals surface area contributed by atoms with Gasteiger partial charge < -0.3 is 23.4 Å². The van der Waals surface area contributed by atoms with E-state index in [2.05, 4.69) is 146 Å². The van der Waals surface area contributed by atoms with Crippen LogP contribution < -0.4 is 0 Å². The van der Waals surface area contributed by atoms with Crippen molar-refractivity contribution in [2.75, 3.05) is 13.2 Å². The summed E-state index contributed by atoms with van der Waals surface area (Å²) >= 11 is 0. The minimum Gasteiger partial charge on any atom is -0.481 e. The molecule has 1 aliphatic heterocycles. The van der Waals surface area contributed by atoms with Crippen LogP contribution in [0.25, 0.3) is 0 Å². The highest BCUT2D eigenvalue weighted by molar-refractivity contribution is 6.74. The topological polar surface area (TPSA) is 74.2 Å². The van der Waals surface area contributed by atoms with E-state index in [1.165, 1.54) is 0 Å². The lowest BCUT2D eigenvalue weighted by Gasteiger charge is -2.49. The first-order valence-electron chi connectivity index (χ1n) is 20.4. The van der Waals surface area contributed by atoms with Crippen molar-refractivity contribution in [1.82, 2.24) is 0 Å². The first kappa shape index (κ1) is 46.2. The third kappa shape index (κ3) is 9.50. The predicted octanol–water partition coefficient (Wildman–Crippen LogP) is 11.9. The van der Waals surface area contributed by atoms with Crippen LogP contribution >= 0.6 is 0 Å². The van der Waals surface area contributed by atoms with Crippen molar-refractivity contribution in [3.8, 4) is 11.8 Å². The van der Waals surface area contributed by atoms with Crippen molar-refractivity contribution >= 4 is 22.6 Å². The third-order valence-electron chi connectivity index (χ3n) is 15.6. The second-order valence-electron chi connectivity index (χ2n) is 22.2. The van der Waals surface area contributed by atoms with Gasteiger partial charge in [-0.15, -0.1) is 5.92 Å². The number of allylic oxidation sites excluding steroid dienone is 1. The first-order chi connectivity index (χ1) is 23.7. The van der Waals surface area contributed by atoms with Gasteiger partial charge in [0.2, 0.25) is 0 Å². The van der Waals surface area contributed by atoms with Crippen LogP contribution in [0.2, 0.25) is 36.3 Å². The van der Waals surface area contributed by atoms with E-state index in [4.69, 9.17) is 18.3 Å². The molecule has 0 aromatic rings. The Morgan fingerprint density at radius 3 is 1.89 bits per heavy atom. The zero-order valence-electron chi connectivity index (χ0n) is 37.7. The summed E-state index contributed by atoms with van der Waals surface area (Å²) in [5.41, 5.74) is -0.944. The number of hydrogen-bond donors (Lipinski definition) is 1. The van der Waals surface area contributed by atoms with E-state index in [-0.39, 0.29) is 39.5 Å². The molecule has 0 radical (unpaired) electrons. The monoisotopic (exact) mass is 773 g/mol. The van der Waals surface area contributed by atoms with Crippen LogP contribution in [0.5, 0.6) is 0 Å². The van der Waals surface area contributed by atoms with E-state index < -0.39 is 44.6 Å². The zero-order valence-corrected chi connectivity index (χ0v) is 39.7. The molecule has 1 N–H and O–H groups in total. The lowest BCUT2D eigenvalue weighted by Crippen LogP contribution is -2.48. The predicted molar refractivity (Wildman–Crippen MR) is 226 cm³/mol. The number of hydrogen-bond acceptors (Lipinski definition) is 5. The standard InChI is InChI=1S/C45H80O6Si2/c1-21-24-41(9,10)31(2)36(50-52(17,18)39(3,4)5)23-22-34-35-28-45(27-33(35)25-37(34)51-53(19,20)40(6,7)8)48-29-32(30-49-45)26-42(11,12)44(15,16)43(13,14)38(46)47/h22-23,26,31,33-37H,25,27-30H2,1-20H3,(H,46,47)/b23-22+,32-26?/t31?,33-,34-,35+,36-,37-,45?/m1/s1. The summed E-state index contributed by atoms with van der Waals surface area (Å²) in [5, 5.41) is 10.3. The highest BCUT2D eigenvalue weighted by atomic mass is 28.4. The molecule has 0 bridgehead atoms. The Labute approximate surface area is 328 Å². The SMILES string of the molecule is CC#CC(C)(C)C(C)[C@@H](/C=C/[C@@H]1[C@H]2CC3(C[C@H]2C[C@H]1O[Si](C)(C)C(C)(C)C)OCC(=CC(C)(C)C(C)(C)C(C)(C)C(=O)O)CO3)O[Si](C)(C)C(C)(C)C. The Morgan fingerprint density at radius 1 is 0.887 bits per heavy atom. The van der Waals surface area contributed by atoms with Crippen molar-refractivity contribution in [2.24, 2.45) is 45.3 Å². The molecule has 6 nitrogen and oxygen atoms in total. The minimum absolute atomic E-state index is 0.0664. The Balaban J connectivity index is 1.96. The third-order valence-corrected chi connectivity index (χ3v) is 24.6. The molecule has 304 valence electrons. The van der Waals surface area contributed by atoms with Gasteiger partial charge in [-0.2, -0.15) is 0 Å². The Morgan fingerprint density at radius 2 is 1.42 bits per heavy atom. The van der Waals surface area contributed by atoms with Gasteiger partial charge in [0.1, 0.15) is 0 Å². The van der Waals surface area contributed by atoms with E-state index in [0.717, 1.165) is 24.8 Å². The van der Waals surface area contributed by atoms with Crippen LogP contribution in [0, 0.1) is 57.2 Å². The minimum atomic E-state index is -2.10. The Kier molecular flexibility index (Phi) is 13.3. The zero-order chi connectivity index (χ0) is 41.0. The number of ether oxygens (including phenoxy) is 2. The van der Waals surface area contributed by atoms with Crippen molar-refractivity contribution in [3.63, 3.8) is 0 Å². The van der Waals surface area contributed by atoms with Gasteiger partial charge in [0.15, 0.2) is 22.4 Å². The number of carboxylic acids is 1. The van der Waals surface area contributed by atoms with Crippen LogP contribution in [0.4, 0.5) is 0 Å². The average Bonchev–Trinajstić information content (AvgIpc) is 3.47. The summed E-state index contributed by atoms with van der Waals surface area (Å²) in [5.74, 6) is 6.53. The van der Waals surface area contributed by atoms with Crippen molar-refractivity contribution in [1.29, 1.82) is 0 Å². The fourth-order valence-corrected chi connectivity index (χ4v) is 10.8. The first-order valence-corrected chi connectivity index (χ1v) is 26.2. The van der Waals surface area contributed by atoms with E-state index in [9.17, 15) is 9.90 Å².